The molecule has 2 radical (unpaired) electrons. The van der Waals surface area contributed by atoms with E-state index < -0.39 is 5.31 Å². The molecule has 1 rings (SSSR count). The molecule has 7 heteroatoms. The fraction of sp³-hybridized carbons (Fsp3) is 0.769. The van der Waals surface area contributed by atoms with E-state index in [9.17, 15) is 5.11 Å². The molecule has 0 amide bonds. The summed E-state index contributed by atoms with van der Waals surface area (Å²) < 4.78 is 17.8. The van der Waals surface area contributed by atoms with Crippen molar-refractivity contribution >= 4 is 35.6 Å². The first-order valence-electron chi connectivity index (χ1n) is 13.0. The van der Waals surface area contributed by atoms with Gasteiger partial charge in [-0.15, -0.1) is 0 Å². The van der Waals surface area contributed by atoms with Gasteiger partial charge in [-0.05, 0) is 0 Å². The molecule has 0 aromatic heterocycles. The van der Waals surface area contributed by atoms with Crippen molar-refractivity contribution in [2.45, 2.75) is 91.5 Å². The Morgan fingerprint density at radius 3 is 1.91 bits per heavy atom. The molecule has 4 nitrogen and oxygen atoms in total. The van der Waals surface area contributed by atoms with E-state index in [1.165, 1.54) is 62.3 Å². The molecular formula is C26H48BrO4PSi. The number of unbranched alkanes of at least 4 members (excludes halogenated alkanes) is 3. The molecule has 0 aliphatic rings. The molecule has 0 aliphatic carbocycles. The molecule has 33 heavy (non-hydrogen) atoms. The fourth-order valence-corrected chi connectivity index (χ4v) is 14.2. The molecule has 1 aromatic rings. The SMILES string of the molecule is CCCCP(Br)(CCCC)(CCCC)c1cc(O)ccc1OCCC[Si]C(OCC)OCC. The van der Waals surface area contributed by atoms with Gasteiger partial charge in [0.15, 0.2) is 0 Å². The molecule has 1 N–H and O–H groups in total. The zero-order chi connectivity index (χ0) is 24.6. The minimum atomic E-state index is -2.43. The second-order valence-electron chi connectivity index (χ2n) is 8.87. The second-order valence-corrected chi connectivity index (χ2v) is 20.8. The van der Waals surface area contributed by atoms with Gasteiger partial charge in [0.1, 0.15) is 0 Å². The molecule has 0 saturated heterocycles. The van der Waals surface area contributed by atoms with Gasteiger partial charge in [0.25, 0.3) is 0 Å². The maximum absolute atomic E-state index is 10.5. The summed E-state index contributed by atoms with van der Waals surface area (Å²) in [5, 5.41) is 9.30. The number of halogens is 1. The summed E-state index contributed by atoms with van der Waals surface area (Å²) >= 11 is 4.47. The summed E-state index contributed by atoms with van der Waals surface area (Å²) in [6.07, 6.45) is 11.6. The predicted molar refractivity (Wildman–Crippen MR) is 151 cm³/mol. The first-order chi connectivity index (χ1) is 15.9. The molecular weight excluding hydrogens is 515 g/mol. The van der Waals surface area contributed by atoms with Crippen LogP contribution in [0.25, 0.3) is 0 Å². The summed E-state index contributed by atoms with van der Waals surface area (Å²) in [7, 11) is 0.617. The zero-order valence-corrected chi connectivity index (χ0v) is 25.2. The Morgan fingerprint density at radius 1 is 0.879 bits per heavy atom. The first kappa shape index (κ1) is 30.9. The molecule has 192 valence electrons. The number of hydrogen-bond acceptors (Lipinski definition) is 4. The van der Waals surface area contributed by atoms with Crippen molar-refractivity contribution in [3.8, 4) is 11.5 Å². The summed E-state index contributed by atoms with van der Waals surface area (Å²) in [6, 6.07) is 6.79. The minimum absolute atomic E-state index is 0.0909. The fourth-order valence-electron chi connectivity index (χ4n) is 4.27. The summed E-state index contributed by atoms with van der Waals surface area (Å²) in [6.45, 7) is 12.9. The van der Waals surface area contributed by atoms with E-state index in [2.05, 4.69) is 36.3 Å². The van der Waals surface area contributed by atoms with Gasteiger partial charge < -0.3 is 0 Å². The molecule has 0 fully saturated rings. The van der Waals surface area contributed by atoms with Crippen LogP contribution in [0.5, 0.6) is 11.5 Å². The Labute approximate surface area is 214 Å². The van der Waals surface area contributed by atoms with Crippen LogP contribution in [-0.4, -0.2) is 58.8 Å². The van der Waals surface area contributed by atoms with Gasteiger partial charge >= 0.3 is 214 Å². The van der Waals surface area contributed by atoms with Crippen LogP contribution in [0, 0.1) is 0 Å². The first-order valence-corrected chi connectivity index (χ1v) is 19.1. The van der Waals surface area contributed by atoms with Crippen molar-refractivity contribution in [2.24, 2.45) is 0 Å². The topological polar surface area (TPSA) is 47.9 Å². The van der Waals surface area contributed by atoms with E-state index in [0.29, 0.717) is 35.1 Å². The third kappa shape index (κ3) is 10.2. The Morgan fingerprint density at radius 2 is 1.42 bits per heavy atom. The summed E-state index contributed by atoms with van der Waals surface area (Å²) in [5.74, 6) is 1.21. The van der Waals surface area contributed by atoms with E-state index in [1.54, 1.807) is 6.07 Å². The van der Waals surface area contributed by atoms with E-state index in [0.717, 1.165) is 18.2 Å². The molecule has 0 atom stereocenters. The Kier molecular flexibility index (Phi) is 15.5. The summed E-state index contributed by atoms with van der Waals surface area (Å²) in [5.41, 5.74) is 0. The van der Waals surface area contributed by atoms with E-state index in [4.69, 9.17) is 14.2 Å². The monoisotopic (exact) mass is 562 g/mol. The Bertz CT molecular complexity index is 631. The van der Waals surface area contributed by atoms with Crippen LogP contribution in [0.4, 0.5) is 0 Å². The summed E-state index contributed by atoms with van der Waals surface area (Å²) in [4.78, 5) is 0. The average molecular weight is 564 g/mol. The molecule has 1 aromatic carbocycles. The molecule has 0 aliphatic heterocycles. The van der Waals surface area contributed by atoms with Gasteiger partial charge in [-0.25, -0.2) is 0 Å². The molecule has 0 spiro atoms. The van der Waals surface area contributed by atoms with Crippen LogP contribution >= 0.6 is 20.8 Å². The third-order valence-electron chi connectivity index (χ3n) is 6.14. The van der Waals surface area contributed by atoms with Crippen LogP contribution in [0.15, 0.2) is 18.2 Å². The second kappa shape index (κ2) is 16.5. The third-order valence-corrected chi connectivity index (χ3v) is 17.4. The number of rotatable bonds is 20. The predicted octanol–water partition coefficient (Wildman–Crippen LogP) is 7.53. The van der Waals surface area contributed by atoms with Crippen LogP contribution in [0.3, 0.4) is 0 Å². The van der Waals surface area contributed by atoms with Crippen LogP contribution in [-0.2, 0) is 9.47 Å². The molecule has 0 saturated carbocycles. The van der Waals surface area contributed by atoms with Crippen molar-refractivity contribution < 1.29 is 19.3 Å². The molecule has 0 heterocycles. The van der Waals surface area contributed by atoms with Gasteiger partial charge in [0, 0.05) is 0 Å². The van der Waals surface area contributed by atoms with Gasteiger partial charge in [0.2, 0.25) is 0 Å². The van der Waals surface area contributed by atoms with Gasteiger partial charge in [-0.2, -0.15) is 0 Å². The normalized spacial score (nSPS) is 13.2. The van der Waals surface area contributed by atoms with Crippen molar-refractivity contribution in [2.75, 3.05) is 38.3 Å². The van der Waals surface area contributed by atoms with Crippen LogP contribution in [0.1, 0.15) is 79.6 Å². The van der Waals surface area contributed by atoms with Gasteiger partial charge in [-0.1, -0.05) is 0 Å². The number of ether oxygens (including phenoxy) is 3. The number of benzene rings is 1. The average Bonchev–Trinajstić information content (AvgIpc) is 2.81. The van der Waals surface area contributed by atoms with E-state index in [-0.39, 0.29) is 5.91 Å². The number of hydrogen-bond donors (Lipinski definition) is 1. The van der Waals surface area contributed by atoms with Crippen molar-refractivity contribution in [1.82, 2.24) is 0 Å². The van der Waals surface area contributed by atoms with Gasteiger partial charge in [0.05, 0.1) is 0 Å². The Balaban J connectivity index is 3.07. The van der Waals surface area contributed by atoms with Crippen molar-refractivity contribution in [1.29, 1.82) is 0 Å². The van der Waals surface area contributed by atoms with E-state index >= 15 is 0 Å². The maximum atomic E-state index is 10.5. The van der Waals surface area contributed by atoms with Gasteiger partial charge in [-0.3, -0.25) is 0 Å². The number of phenols is 1. The quantitative estimate of drug-likeness (QED) is 0.0771. The molecule has 0 unspecified atom stereocenters. The van der Waals surface area contributed by atoms with Crippen LogP contribution < -0.4 is 10.0 Å². The van der Waals surface area contributed by atoms with Crippen LogP contribution in [0.2, 0.25) is 6.04 Å². The van der Waals surface area contributed by atoms with Crippen molar-refractivity contribution in [3.05, 3.63) is 18.2 Å². The molecule has 0 bridgehead atoms. The zero-order valence-electron chi connectivity index (χ0n) is 21.7. The number of aromatic hydroxyl groups is 1. The van der Waals surface area contributed by atoms with E-state index in [1.807, 2.05) is 26.0 Å². The Hall–Kier alpha value is -0.133. The van der Waals surface area contributed by atoms with Crippen molar-refractivity contribution in [3.63, 3.8) is 0 Å². The number of phenolic OH excluding ortho intramolecular Hbond substituents is 1. The standard InChI is InChI=1S/C26H48BrO4PSi/c1-6-11-18-32(27,19-12-7-2,20-13-8-3)25-22-23(28)15-16-24(25)31-17-14-21-33-26(29-9-4)30-10-5/h15-16,22,26,28H,6-14,17-21H2,1-5H3.